The molecule has 0 fully saturated rings. The summed E-state index contributed by atoms with van der Waals surface area (Å²) in [6.45, 7) is 4.81. The fourth-order valence-corrected chi connectivity index (χ4v) is 4.51. The number of nitrogens with zero attached hydrogens (tertiary/aromatic N) is 2. The third-order valence-corrected chi connectivity index (χ3v) is 6.67. The first-order chi connectivity index (χ1) is 19.4. The molecule has 40 heavy (non-hydrogen) atoms. The average Bonchev–Trinajstić information content (AvgIpc) is 3.41. The van der Waals surface area contributed by atoms with Crippen molar-refractivity contribution in [1.29, 1.82) is 5.41 Å². The third kappa shape index (κ3) is 6.10. The molecule has 0 bridgehead atoms. The van der Waals surface area contributed by atoms with E-state index in [1.54, 1.807) is 31.2 Å². The number of halogens is 2. The van der Waals surface area contributed by atoms with Crippen molar-refractivity contribution in [3.63, 3.8) is 0 Å². The van der Waals surface area contributed by atoms with E-state index in [-0.39, 0.29) is 29.4 Å². The van der Waals surface area contributed by atoms with E-state index >= 15 is 0 Å². The van der Waals surface area contributed by atoms with Crippen LogP contribution in [0.3, 0.4) is 0 Å². The Balaban J connectivity index is 1.41. The number of hydrogen-bond donors (Lipinski definition) is 3. The predicted octanol–water partition coefficient (Wildman–Crippen LogP) is 6.66. The zero-order valence-corrected chi connectivity index (χ0v) is 22.4. The van der Waals surface area contributed by atoms with E-state index in [9.17, 15) is 8.78 Å². The second-order valence-electron chi connectivity index (χ2n) is 9.63. The molecule has 3 aromatic rings. The van der Waals surface area contributed by atoms with E-state index in [2.05, 4.69) is 34.7 Å². The Bertz CT molecular complexity index is 1490. The van der Waals surface area contributed by atoms with Crippen LogP contribution in [0.2, 0.25) is 0 Å². The highest BCUT2D eigenvalue weighted by atomic mass is 19.1. The topological polar surface area (TPSA) is 92.2 Å². The van der Waals surface area contributed by atoms with Gasteiger partial charge in [0.05, 0.1) is 25.5 Å². The zero-order chi connectivity index (χ0) is 28.1. The number of rotatable bonds is 9. The van der Waals surface area contributed by atoms with E-state index < -0.39 is 11.6 Å². The minimum absolute atomic E-state index is 0.0733. The summed E-state index contributed by atoms with van der Waals surface area (Å²) in [5.74, 6) is -0.0474. The Morgan fingerprint density at radius 2 is 1.95 bits per heavy atom. The monoisotopic (exact) mass is 543 g/mol. The SMILES string of the molecule is CCOc1cc(F)c(CNc2ccccc2C(=N)c2nc3c(c(NC4=C/C=C/CC(C)/C=C\4)n2)COC3)c(F)c1. The van der Waals surface area contributed by atoms with E-state index in [1.807, 2.05) is 18.2 Å². The van der Waals surface area contributed by atoms with Gasteiger partial charge in [0.15, 0.2) is 5.82 Å². The summed E-state index contributed by atoms with van der Waals surface area (Å²) in [5.41, 5.74) is 3.43. The van der Waals surface area contributed by atoms with Crippen LogP contribution in [-0.4, -0.2) is 22.3 Å². The van der Waals surface area contributed by atoms with Crippen LogP contribution in [0, 0.1) is 23.0 Å². The molecule has 7 nitrogen and oxygen atoms in total. The second kappa shape index (κ2) is 12.2. The summed E-state index contributed by atoms with van der Waals surface area (Å²) in [4.78, 5) is 9.35. The smallest absolute Gasteiger partial charge is 0.180 e. The van der Waals surface area contributed by atoms with Gasteiger partial charge in [0.2, 0.25) is 0 Å². The molecule has 5 rings (SSSR count). The zero-order valence-electron chi connectivity index (χ0n) is 22.4. The molecule has 1 atom stereocenters. The summed E-state index contributed by atoms with van der Waals surface area (Å²) in [6.07, 6.45) is 11.3. The van der Waals surface area contributed by atoms with Crippen molar-refractivity contribution in [2.24, 2.45) is 5.92 Å². The van der Waals surface area contributed by atoms with Crippen molar-refractivity contribution in [1.82, 2.24) is 9.97 Å². The molecule has 1 aliphatic heterocycles. The van der Waals surface area contributed by atoms with E-state index in [0.29, 0.717) is 42.8 Å². The van der Waals surface area contributed by atoms with Gasteiger partial charge in [0.1, 0.15) is 28.9 Å². The quantitative estimate of drug-likeness (QED) is 0.262. The fourth-order valence-electron chi connectivity index (χ4n) is 4.51. The molecule has 0 spiro atoms. The third-order valence-electron chi connectivity index (χ3n) is 6.67. The van der Waals surface area contributed by atoms with Crippen molar-refractivity contribution >= 4 is 17.2 Å². The van der Waals surface area contributed by atoms with E-state index in [4.69, 9.17) is 19.9 Å². The number of hydrogen-bond acceptors (Lipinski definition) is 7. The predicted molar refractivity (Wildman–Crippen MR) is 152 cm³/mol. The number of benzene rings is 2. The van der Waals surface area contributed by atoms with Crippen LogP contribution in [0.1, 0.15) is 48.5 Å². The minimum Gasteiger partial charge on any atom is -0.494 e. The molecule has 2 heterocycles. The summed E-state index contributed by atoms with van der Waals surface area (Å²) >= 11 is 0. The number of allylic oxidation sites excluding steroid dienone is 5. The highest BCUT2D eigenvalue weighted by Crippen LogP contribution is 2.28. The maximum Gasteiger partial charge on any atom is 0.180 e. The van der Waals surface area contributed by atoms with Crippen LogP contribution >= 0.6 is 0 Å². The normalized spacial score (nSPS) is 19.0. The molecule has 1 aromatic heterocycles. The maximum atomic E-state index is 14.6. The standard InChI is InChI=1S/C31H31F2N5O2/c1-3-40-21-14-25(32)23(26(33)15-21)16-35-27-11-7-6-10-22(27)29(34)31-37-28-18-39-17-24(28)30(38-31)36-20-9-5-4-8-19(2)12-13-20/h4-7,9-15,19,34-35H,3,8,16-18H2,1-2H3,(H,36,37,38)/b5-4+,13-12-,20-9+,34-29?. The average molecular weight is 544 g/mol. The number of anilines is 2. The number of fused-ring (bicyclic) bond motifs is 1. The number of nitrogens with one attached hydrogen (secondary N) is 3. The molecular formula is C31H31F2N5O2. The lowest BCUT2D eigenvalue weighted by atomic mass is 10.0. The Morgan fingerprint density at radius 3 is 2.75 bits per heavy atom. The molecule has 1 unspecified atom stereocenters. The fraction of sp³-hybridized carbons (Fsp3) is 0.258. The lowest BCUT2D eigenvalue weighted by Crippen LogP contribution is -2.15. The van der Waals surface area contributed by atoms with Gasteiger partial charge in [-0.3, -0.25) is 5.41 Å². The molecule has 9 heteroatoms. The number of aromatic nitrogens is 2. The largest absolute Gasteiger partial charge is 0.494 e. The van der Waals surface area contributed by atoms with Crippen LogP contribution in [0.5, 0.6) is 5.75 Å². The van der Waals surface area contributed by atoms with Gasteiger partial charge in [-0.15, -0.1) is 0 Å². The Labute approximate surface area is 232 Å². The highest BCUT2D eigenvalue weighted by Gasteiger charge is 2.23. The van der Waals surface area contributed by atoms with Gasteiger partial charge in [-0.05, 0) is 37.5 Å². The van der Waals surface area contributed by atoms with E-state index in [0.717, 1.165) is 23.4 Å². The molecule has 0 saturated heterocycles. The van der Waals surface area contributed by atoms with Crippen molar-refractivity contribution in [2.75, 3.05) is 17.2 Å². The lowest BCUT2D eigenvalue weighted by molar-refractivity contribution is 0.133. The number of para-hydroxylation sites is 1. The molecule has 2 aromatic carbocycles. The first-order valence-corrected chi connectivity index (χ1v) is 13.3. The molecule has 206 valence electrons. The second-order valence-corrected chi connectivity index (χ2v) is 9.63. The molecule has 3 N–H and O–H groups in total. The first-order valence-electron chi connectivity index (χ1n) is 13.3. The van der Waals surface area contributed by atoms with Crippen molar-refractivity contribution < 1.29 is 18.3 Å². The van der Waals surface area contributed by atoms with Crippen LogP contribution in [0.15, 0.2) is 72.5 Å². The molecule has 0 saturated carbocycles. The summed E-state index contributed by atoms with van der Waals surface area (Å²) < 4.78 is 40.2. The van der Waals surface area contributed by atoms with Gasteiger partial charge in [-0.25, -0.2) is 18.7 Å². The van der Waals surface area contributed by atoms with Gasteiger partial charge in [0.25, 0.3) is 0 Å². The first kappa shape index (κ1) is 27.2. The lowest BCUT2D eigenvalue weighted by Gasteiger charge is -2.16. The number of ether oxygens (including phenoxy) is 2. The Kier molecular flexibility index (Phi) is 8.31. The van der Waals surface area contributed by atoms with Crippen LogP contribution in [0.25, 0.3) is 0 Å². The van der Waals surface area contributed by atoms with Gasteiger partial charge >= 0.3 is 0 Å². The highest BCUT2D eigenvalue weighted by molar-refractivity contribution is 6.12. The Morgan fingerprint density at radius 1 is 1.15 bits per heavy atom. The Hall–Kier alpha value is -4.37. The molecule has 0 amide bonds. The molecular weight excluding hydrogens is 512 g/mol. The van der Waals surface area contributed by atoms with Gasteiger partial charge in [-0.2, -0.15) is 0 Å². The van der Waals surface area contributed by atoms with E-state index in [1.165, 1.54) is 12.1 Å². The van der Waals surface area contributed by atoms with Crippen LogP contribution < -0.4 is 15.4 Å². The molecule has 2 aliphatic rings. The van der Waals surface area contributed by atoms with Crippen molar-refractivity contribution in [3.05, 3.63) is 112 Å². The molecule has 0 radical (unpaired) electrons. The summed E-state index contributed by atoms with van der Waals surface area (Å²) in [6, 6.07) is 9.42. The van der Waals surface area contributed by atoms with Crippen LogP contribution in [-0.2, 0) is 24.5 Å². The van der Waals surface area contributed by atoms with Crippen molar-refractivity contribution in [2.45, 2.75) is 40.0 Å². The van der Waals surface area contributed by atoms with Crippen molar-refractivity contribution in [3.8, 4) is 5.75 Å². The minimum atomic E-state index is -0.706. The van der Waals surface area contributed by atoms with Crippen LogP contribution in [0.4, 0.5) is 20.3 Å². The molecule has 1 aliphatic carbocycles. The summed E-state index contributed by atoms with van der Waals surface area (Å²) in [7, 11) is 0. The van der Waals surface area contributed by atoms with Gasteiger partial charge in [-0.1, -0.05) is 43.4 Å². The van der Waals surface area contributed by atoms with Gasteiger partial charge in [0, 0.05) is 46.8 Å². The maximum absolute atomic E-state index is 14.6. The van der Waals surface area contributed by atoms with Gasteiger partial charge < -0.3 is 20.1 Å². The summed E-state index contributed by atoms with van der Waals surface area (Å²) in [5, 5.41) is 15.5.